The monoisotopic (exact) mass is 354 g/mol. The zero-order chi connectivity index (χ0) is 18.7. The van der Waals surface area contributed by atoms with Crippen molar-refractivity contribution in [2.24, 2.45) is 0 Å². The van der Waals surface area contributed by atoms with Gasteiger partial charge in [-0.1, -0.05) is 12.1 Å². The third kappa shape index (κ3) is 2.61. The van der Waals surface area contributed by atoms with Gasteiger partial charge in [0.15, 0.2) is 0 Å². The quantitative estimate of drug-likeness (QED) is 0.786. The molecule has 0 bridgehead atoms. The highest BCUT2D eigenvalue weighted by Crippen LogP contribution is 2.48. The van der Waals surface area contributed by atoms with Gasteiger partial charge in [-0.25, -0.2) is 0 Å². The number of carbonyl (C=O) groups excluding carboxylic acids is 1. The van der Waals surface area contributed by atoms with Gasteiger partial charge in [0.25, 0.3) is 0 Å². The summed E-state index contributed by atoms with van der Waals surface area (Å²) in [7, 11) is -0.403. The Hall–Kier alpha value is -1.99. The molecule has 136 valence electrons. The fourth-order valence-corrected chi connectivity index (χ4v) is 3.14. The Labute approximate surface area is 153 Å². The SMILES string of the molecule is CC(=O)C1(c2nnc(-c3ccc(B4OC(C)(C)C(C)(C)O4)cc3)o2)CC1. The Bertz CT molecular complexity index is 837. The lowest BCUT2D eigenvalue weighted by molar-refractivity contribution is -0.119. The maximum absolute atomic E-state index is 11.8. The number of aromatic nitrogens is 2. The Balaban J connectivity index is 1.55. The first-order valence-corrected chi connectivity index (χ1v) is 8.96. The van der Waals surface area contributed by atoms with E-state index in [0.717, 1.165) is 23.9 Å². The van der Waals surface area contributed by atoms with Crippen LogP contribution in [-0.2, 0) is 19.5 Å². The highest BCUT2D eigenvalue weighted by molar-refractivity contribution is 6.62. The number of hydrogen-bond acceptors (Lipinski definition) is 6. The van der Waals surface area contributed by atoms with Crippen LogP contribution in [0.5, 0.6) is 0 Å². The van der Waals surface area contributed by atoms with Crippen LogP contribution >= 0.6 is 0 Å². The molecule has 0 atom stereocenters. The van der Waals surface area contributed by atoms with Crippen molar-refractivity contribution in [3.8, 4) is 11.5 Å². The fourth-order valence-electron chi connectivity index (χ4n) is 3.14. The van der Waals surface area contributed by atoms with Gasteiger partial charge in [-0.15, -0.1) is 10.2 Å². The first kappa shape index (κ1) is 17.4. The number of nitrogens with zero attached hydrogens (tertiary/aromatic N) is 2. The second-order valence-electron chi connectivity index (χ2n) is 8.26. The molecular weight excluding hydrogens is 331 g/mol. The summed E-state index contributed by atoms with van der Waals surface area (Å²) < 4.78 is 17.9. The van der Waals surface area contributed by atoms with Gasteiger partial charge in [0.1, 0.15) is 11.2 Å². The standard InChI is InChI=1S/C19H23BN2O4/c1-12(23)19(10-11-19)16-22-21-15(24-16)13-6-8-14(9-7-13)20-25-17(2,3)18(4,5)26-20/h6-9H,10-11H2,1-5H3. The van der Waals surface area contributed by atoms with E-state index in [1.54, 1.807) is 6.92 Å². The maximum Gasteiger partial charge on any atom is 0.494 e. The van der Waals surface area contributed by atoms with Gasteiger partial charge in [0, 0.05) is 5.56 Å². The van der Waals surface area contributed by atoms with Crippen LogP contribution in [0, 0.1) is 0 Å². The molecule has 1 aliphatic carbocycles. The molecule has 26 heavy (non-hydrogen) atoms. The Kier molecular flexibility index (Phi) is 3.69. The van der Waals surface area contributed by atoms with E-state index < -0.39 is 12.5 Å². The van der Waals surface area contributed by atoms with Gasteiger partial charge in [-0.2, -0.15) is 0 Å². The van der Waals surface area contributed by atoms with Crippen LogP contribution in [0.4, 0.5) is 0 Å². The van der Waals surface area contributed by atoms with E-state index in [-0.39, 0.29) is 17.0 Å². The van der Waals surface area contributed by atoms with E-state index in [4.69, 9.17) is 13.7 Å². The topological polar surface area (TPSA) is 74.5 Å². The molecule has 0 spiro atoms. The highest BCUT2D eigenvalue weighted by Gasteiger charge is 2.54. The molecule has 0 N–H and O–H groups in total. The van der Waals surface area contributed by atoms with Crippen LogP contribution in [0.2, 0.25) is 0 Å². The lowest BCUT2D eigenvalue weighted by atomic mass is 9.79. The van der Waals surface area contributed by atoms with Crippen molar-refractivity contribution in [1.82, 2.24) is 10.2 Å². The number of benzene rings is 1. The normalized spacial score (nSPS) is 22.4. The summed E-state index contributed by atoms with van der Waals surface area (Å²) in [6, 6.07) is 7.70. The Morgan fingerprint density at radius 3 is 2.08 bits per heavy atom. The summed E-state index contributed by atoms with van der Waals surface area (Å²) in [4.78, 5) is 11.8. The molecule has 1 saturated carbocycles. The van der Waals surface area contributed by atoms with Gasteiger partial charge < -0.3 is 13.7 Å². The Morgan fingerprint density at radius 2 is 1.58 bits per heavy atom. The van der Waals surface area contributed by atoms with Crippen molar-refractivity contribution in [3.05, 3.63) is 30.2 Å². The maximum atomic E-state index is 11.8. The fraction of sp³-hybridized carbons (Fsp3) is 0.526. The van der Waals surface area contributed by atoms with E-state index in [2.05, 4.69) is 10.2 Å². The molecule has 4 rings (SSSR count). The zero-order valence-corrected chi connectivity index (χ0v) is 15.8. The average Bonchev–Trinajstić information content (AvgIpc) is 3.18. The van der Waals surface area contributed by atoms with Crippen molar-refractivity contribution < 1.29 is 18.5 Å². The first-order valence-electron chi connectivity index (χ1n) is 8.96. The minimum absolute atomic E-state index is 0.0869. The minimum atomic E-state index is -0.548. The Morgan fingerprint density at radius 1 is 1.00 bits per heavy atom. The summed E-state index contributed by atoms with van der Waals surface area (Å²) in [5, 5.41) is 8.22. The number of carbonyl (C=O) groups is 1. The smallest absolute Gasteiger partial charge is 0.420 e. The van der Waals surface area contributed by atoms with Crippen LogP contribution in [0.25, 0.3) is 11.5 Å². The van der Waals surface area contributed by atoms with Crippen LogP contribution in [-0.4, -0.2) is 34.3 Å². The molecule has 2 fully saturated rings. The van der Waals surface area contributed by atoms with Gasteiger partial charge in [-0.3, -0.25) is 4.79 Å². The van der Waals surface area contributed by atoms with E-state index in [9.17, 15) is 4.79 Å². The molecule has 0 unspecified atom stereocenters. The van der Waals surface area contributed by atoms with Crippen molar-refractivity contribution in [2.45, 2.75) is 64.1 Å². The lowest BCUT2D eigenvalue weighted by Crippen LogP contribution is -2.41. The zero-order valence-electron chi connectivity index (χ0n) is 15.8. The molecule has 1 aliphatic heterocycles. The largest absolute Gasteiger partial charge is 0.494 e. The predicted molar refractivity (Wildman–Crippen MR) is 97.0 cm³/mol. The van der Waals surface area contributed by atoms with Crippen molar-refractivity contribution in [3.63, 3.8) is 0 Å². The third-order valence-corrected chi connectivity index (χ3v) is 5.94. The molecule has 2 aliphatic rings. The number of ketones is 1. The predicted octanol–water partition coefficient (Wildman–Crippen LogP) is 2.66. The van der Waals surface area contributed by atoms with E-state index >= 15 is 0 Å². The van der Waals surface area contributed by atoms with Crippen molar-refractivity contribution >= 4 is 18.4 Å². The molecule has 7 heteroatoms. The molecule has 2 heterocycles. The number of hydrogen-bond donors (Lipinski definition) is 0. The first-order chi connectivity index (χ1) is 12.1. The highest BCUT2D eigenvalue weighted by atomic mass is 16.7. The van der Waals surface area contributed by atoms with Gasteiger partial charge in [0.2, 0.25) is 11.8 Å². The lowest BCUT2D eigenvalue weighted by Gasteiger charge is -2.32. The molecule has 1 aromatic carbocycles. The van der Waals surface area contributed by atoms with Crippen LogP contribution < -0.4 is 5.46 Å². The van der Waals surface area contributed by atoms with Crippen LogP contribution in [0.3, 0.4) is 0 Å². The van der Waals surface area contributed by atoms with Gasteiger partial charge in [0.05, 0.1) is 11.2 Å². The summed E-state index contributed by atoms with van der Waals surface area (Å²) in [5.74, 6) is 0.937. The molecule has 0 radical (unpaired) electrons. The second kappa shape index (κ2) is 5.50. The third-order valence-electron chi connectivity index (χ3n) is 5.94. The summed E-state index contributed by atoms with van der Waals surface area (Å²) in [6.07, 6.45) is 1.57. The van der Waals surface area contributed by atoms with Crippen molar-refractivity contribution in [1.29, 1.82) is 0 Å². The van der Waals surface area contributed by atoms with E-state index in [1.165, 1.54) is 0 Å². The van der Waals surface area contributed by atoms with Crippen molar-refractivity contribution in [2.75, 3.05) is 0 Å². The van der Waals surface area contributed by atoms with E-state index in [1.807, 2.05) is 52.0 Å². The van der Waals surface area contributed by atoms with Gasteiger partial charge >= 0.3 is 7.12 Å². The van der Waals surface area contributed by atoms with Crippen LogP contribution in [0.1, 0.15) is 53.4 Å². The summed E-state index contributed by atoms with van der Waals surface area (Å²) >= 11 is 0. The summed E-state index contributed by atoms with van der Waals surface area (Å²) in [6.45, 7) is 9.71. The number of Topliss-reactive ketones (excluding diaryl/α,β-unsaturated/α-hetero) is 1. The van der Waals surface area contributed by atoms with Gasteiger partial charge in [-0.05, 0) is 65.1 Å². The summed E-state index contributed by atoms with van der Waals surface area (Å²) in [5.41, 5.74) is 0.456. The van der Waals surface area contributed by atoms with Crippen LogP contribution in [0.15, 0.2) is 28.7 Å². The van der Waals surface area contributed by atoms with E-state index in [0.29, 0.717) is 11.8 Å². The molecule has 1 saturated heterocycles. The second-order valence-corrected chi connectivity index (χ2v) is 8.26. The molecule has 6 nitrogen and oxygen atoms in total. The minimum Gasteiger partial charge on any atom is -0.420 e. The molecule has 0 amide bonds. The number of rotatable bonds is 4. The average molecular weight is 354 g/mol. The molecular formula is C19H23BN2O4. The molecule has 2 aromatic rings. The molecule has 1 aromatic heterocycles.